The van der Waals surface area contributed by atoms with Gasteiger partial charge in [0.15, 0.2) is 0 Å². The summed E-state index contributed by atoms with van der Waals surface area (Å²) in [7, 11) is 0. The molecule has 6 unspecified atom stereocenters. The predicted octanol–water partition coefficient (Wildman–Crippen LogP) is 11.0. The number of hydrogen-bond acceptors (Lipinski definition) is 2. The number of nitrogens with one attached hydrogen (secondary N) is 1. The molecule has 4 heteroatoms. The molecule has 3 fully saturated rings. The Hall–Kier alpha value is -1.32. The molecule has 1 aromatic heterocycles. The number of aryl methyl sites for hydroxylation is 1. The van der Waals surface area contributed by atoms with Crippen LogP contribution in [0.4, 0.5) is 0 Å². The molecule has 1 saturated heterocycles. The Morgan fingerprint density at radius 1 is 0.773 bits per heavy atom. The van der Waals surface area contributed by atoms with Crippen LogP contribution in [0.5, 0.6) is 0 Å². The van der Waals surface area contributed by atoms with Crippen LogP contribution in [0.3, 0.4) is 0 Å². The summed E-state index contributed by atoms with van der Waals surface area (Å²) < 4.78 is 0. The summed E-state index contributed by atoms with van der Waals surface area (Å²) >= 11 is 1.78. The zero-order chi connectivity index (χ0) is 30.8. The van der Waals surface area contributed by atoms with Crippen molar-refractivity contribution in [1.29, 1.82) is 0 Å². The molecule has 6 rings (SSSR count). The van der Waals surface area contributed by atoms with Crippen molar-refractivity contribution in [2.24, 2.45) is 29.6 Å². The largest absolute Gasteiger partial charge is 4.00 e. The fraction of sp³-hybridized carbons (Fsp3) is 0.550. The molecule has 236 valence electrons. The van der Waals surface area contributed by atoms with Crippen LogP contribution >= 0.6 is 11.3 Å². The molecule has 2 aliphatic carbocycles. The van der Waals surface area contributed by atoms with Gasteiger partial charge in [0.2, 0.25) is 0 Å². The first-order valence-electron chi connectivity index (χ1n) is 16.9. The van der Waals surface area contributed by atoms with E-state index in [1.165, 1.54) is 61.8 Å². The van der Waals surface area contributed by atoms with Gasteiger partial charge in [0.25, 0.3) is 0 Å². The van der Waals surface area contributed by atoms with Gasteiger partial charge in [-0.2, -0.15) is 55.3 Å². The Balaban J connectivity index is 0.000000289. The standard InChI is InChI=1S/C26H42N2S.2C7H7.Zr/c1-16(2)21-9-7-10-22(17(3)4)26(21)28-24-11-6-8-19-12-13-23(27-25(19)24)20-14-18(5)29-15-20;2*1-7-5-3-2-4-6-7;/h14,16-17,19,21-27H,6-13H2,1-5H3;2*2-6H,1H2;/q-2;2*-1;+4. The molecule has 2 nitrogen and oxygen atoms in total. The van der Waals surface area contributed by atoms with Gasteiger partial charge in [-0.1, -0.05) is 90.7 Å². The Kier molecular flexibility index (Phi) is 15.8. The van der Waals surface area contributed by atoms with Crippen molar-refractivity contribution >= 4 is 11.3 Å². The number of piperidine rings is 1. The molecule has 0 spiro atoms. The zero-order valence-electron chi connectivity index (χ0n) is 28.0. The fourth-order valence-electron chi connectivity index (χ4n) is 7.63. The van der Waals surface area contributed by atoms with E-state index in [4.69, 9.17) is 5.32 Å². The molecule has 0 bridgehead atoms. The van der Waals surface area contributed by atoms with Crippen molar-refractivity contribution in [1.82, 2.24) is 5.32 Å². The second-order valence-electron chi connectivity index (χ2n) is 13.9. The maximum Gasteiger partial charge on any atom is 4.00 e. The summed E-state index contributed by atoms with van der Waals surface area (Å²) in [6, 6.07) is 24.3. The molecule has 3 aliphatic rings. The van der Waals surface area contributed by atoms with Crippen LogP contribution in [0.15, 0.2) is 66.7 Å². The Morgan fingerprint density at radius 2 is 1.32 bits per heavy atom. The van der Waals surface area contributed by atoms with Crippen LogP contribution in [-0.4, -0.2) is 18.1 Å². The molecule has 1 aliphatic heterocycles. The summed E-state index contributed by atoms with van der Waals surface area (Å²) in [5.41, 5.74) is 3.54. The average Bonchev–Trinajstić information content (AvgIpc) is 3.44. The molecule has 1 N–H and O–H groups in total. The van der Waals surface area contributed by atoms with Crippen molar-refractivity contribution in [2.75, 3.05) is 0 Å². The smallest absolute Gasteiger partial charge is 0.655 e. The summed E-state index contributed by atoms with van der Waals surface area (Å²) in [5.74, 6) is 3.89. The minimum atomic E-state index is 0. The number of nitrogens with zero attached hydrogens (tertiary/aromatic N) is 1. The molecular formula is C40H56N2SZr. The van der Waals surface area contributed by atoms with E-state index in [2.05, 4.69) is 65.2 Å². The van der Waals surface area contributed by atoms with Crippen LogP contribution in [0, 0.1) is 55.7 Å². The maximum atomic E-state index is 5.75. The van der Waals surface area contributed by atoms with Crippen LogP contribution in [0.2, 0.25) is 0 Å². The van der Waals surface area contributed by atoms with Crippen LogP contribution in [0.1, 0.15) is 107 Å². The van der Waals surface area contributed by atoms with Gasteiger partial charge in [-0.05, 0) is 43.1 Å². The Labute approximate surface area is 293 Å². The van der Waals surface area contributed by atoms with E-state index in [1.54, 1.807) is 11.3 Å². The van der Waals surface area contributed by atoms with Gasteiger partial charge in [0, 0.05) is 6.04 Å². The number of fused-ring (bicyclic) bond motifs is 1. The van der Waals surface area contributed by atoms with Crippen molar-refractivity contribution in [3.63, 3.8) is 0 Å². The summed E-state index contributed by atoms with van der Waals surface area (Å²) in [4.78, 5) is 1.38. The first kappa shape index (κ1) is 37.1. The molecule has 2 saturated carbocycles. The van der Waals surface area contributed by atoms with Crippen LogP contribution in [0.25, 0.3) is 5.32 Å². The third kappa shape index (κ3) is 10.9. The van der Waals surface area contributed by atoms with Crippen molar-refractivity contribution < 1.29 is 26.2 Å². The second-order valence-corrected chi connectivity index (χ2v) is 14.9. The SMILES string of the molecule is Cc1cc(C2CCC3CCCC([N-]C4C(C(C)C)CCCC4C(C)C)C3N2)[c-]s1.[CH2-]c1ccccc1.[CH2-]c1ccccc1.[Zr+4]. The van der Waals surface area contributed by atoms with Crippen LogP contribution in [-0.2, 0) is 26.2 Å². The maximum absolute atomic E-state index is 5.75. The molecule has 0 radical (unpaired) electrons. The topological polar surface area (TPSA) is 26.1 Å². The predicted molar refractivity (Wildman–Crippen MR) is 187 cm³/mol. The number of rotatable bonds is 5. The first-order chi connectivity index (χ1) is 20.7. The van der Waals surface area contributed by atoms with Gasteiger partial charge < -0.3 is 22.0 Å². The quantitative estimate of drug-likeness (QED) is 0.266. The summed E-state index contributed by atoms with van der Waals surface area (Å²) in [6.07, 6.45) is 10.9. The first-order valence-corrected chi connectivity index (χ1v) is 17.7. The Morgan fingerprint density at radius 3 is 1.77 bits per heavy atom. The van der Waals surface area contributed by atoms with E-state index in [0.29, 0.717) is 24.2 Å². The molecule has 2 heterocycles. The number of hydrogen-bond donors (Lipinski definition) is 1. The molecule has 44 heavy (non-hydrogen) atoms. The van der Waals surface area contributed by atoms with E-state index in [1.807, 2.05) is 60.7 Å². The van der Waals surface area contributed by atoms with Gasteiger partial charge in [-0.25, -0.2) is 0 Å². The third-order valence-corrected chi connectivity index (χ3v) is 10.8. The minimum Gasteiger partial charge on any atom is -0.655 e. The molecule has 2 aromatic carbocycles. The summed E-state index contributed by atoms with van der Waals surface area (Å²) in [6.45, 7) is 19.4. The van der Waals surface area contributed by atoms with Gasteiger partial charge in [0.1, 0.15) is 0 Å². The molecule has 6 atom stereocenters. The monoisotopic (exact) mass is 686 g/mol. The number of benzene rings is 2. The molecular weight excluding hydrogens is 632 g/mol. The zero-order valence-corrected chi connectivity index (χ0v) is 31.2. The fourth-order valence-corrected chi connectivity index (χ4v) is 8.30. The van der Waals surface area contributed by atoms with Gasteiger partial charge in [-0.3, -0.25) is 0 Å². The van der Waals surface area contributed by atoms with E-state index in [0.717, 1.165) is 40.7 Å². The number of thiophene rings is 1. The normalized spacial score (nSPS) is 28.0. The second kappa shape index (κ2) is 18.7. The summed E-state index contributed by atoms with van der Waals surface area (Å²) in [5, 5.41) is 13.4. The molecule has 0 amide bonds. The van der Waals surface area contributed by atoms with Gasteiger partial charge >= 0.3 is 26.2 Å². The van der Waals surface area contributed by atoms with Crippen LogP contribution < -0.4 is 5.32 Å². The van der Waals surface area contributed by atoms with E-state index in [-0.39, 0.29) is 26.2 Å². The van der Waals surface area contributed by atoms with E-state index in [9.17, 15) is 0 Å². The van der Waals surface area contributed by atoms with Crippen molar-refractivity contribution in [3.05, 3.63) is 113 Å². The van der Waals surface area contributed by atoms with Gasteiger partial charge in [0.05, 0.1) is 0 Å². The average molecular weight is 688 g/mol. The Bertz CT molecular complexity index is 1120. The van der Waals surface area contributed by atoms with Crippen molar-refractivity contribution in [3.8, 4) is 0 Å². The minimum absolute atomic E-state index is 0. The van der Waals surface area contributed by atoms with E-state index >= 15 is 0 Å². The van der Waals surface area contributed by atoms with Gasteiger partial charge in [-0.15, -0.1) is 52.2 Å². The third-order valence-electron chi connectivity index (χ3n) is 10.00. The van der Waals surface area contributed by atoms with Crippen molar-refractivity contribution in [2.45, 2.75) is 110 Å². The molecule has 3 aromatic rings. The van der Waals surface area contributed by atoms with E-state index < -0.39 is 0 Å².